The summed E-state index contributed by atoms with van der Waals surface area (Å²) in [5, 5.41) is 3.81. The average Bonchev–Trinajstić information content (AvgIpc) is 3.32. The third-order valence-electron chi connectivity index (χ3n) is 4.42. The fraction of sp³-hybridized carbons (Fsp3) is 0.278. The van der Waals surface area contributed by atoms with Gasteiger partial charge in [-0.15, -0.1) is 0 Å². The van der Waals surface area contributed by atoms with Crippen molar-refractivity contribution in [3.63, 3.8) is 0 Å². The van der Waals surface area contributed by atoms with E-state index in [1.807, 2.05) is 0 Å². The van der Waals surface area contributed by atoms with Crippen LogP contribution in [0.5, 0.6) is 0 Å². The Bertz CT molecular complexity index is 938. The van der Waals surface area contributed by atoms with Crippen LogP contribution in [0.2, 0.25) is 0 Å². The van der Waals surface area contributed by atoms with Crippen LogP contribution in [0.1, 0.15) is 28.6 Å². The van der Waals surface area contributed by atoms with Crippen molar-refractivity contribution in [2.45, 2.75) is 18.3 Å². The van der Waals surface area contributed by atoms with Crippen molar-refractivity contribution < 1.29 is 22.5 Å². The Balaban J connectivity index is 1.57. The highest BCUT2D eigenvalue weighted by Gasteiger charge is 2.44. The van der Waals surface area contributed by atoms with Crippen molar-refractivity contribution in [2.24, 2.45) is 0 Å². The number of alkyl halides is 2. The lowest BCUT2D eigenvalue weighted by Crippen LogP contribution is -2.48. The maximum atomic E-state index is 14.3. The lowest BCUT2D eigenvalue weighted by atomic mass is 9.94. The van der Waals surface area contributed by atoms with Crippen LogP contribution in [0, 0.1) is 5.82 Å². The SMILES string of the molecule is O=C(c1ccc(F)cc1)N1CC(c2nc(-c3ccc[nH]3)no2)CC(F)(F)C1. The van der Waals surface area contributed by atoms with E-state index in [-0.39, 0.29) is 23.8 Å². The number of hydrogen-bond acceptors (Lipinski definition) is 4. The van der Waals surface area contributed by atoms with E-state index < -0.39 is 36.5 Å². The summed E-state index contributed by atoms with van der Waals surface area (Å²) in [4.78, 5) is 20.7. The number of aromatic amines is 1. The Morgan fingerprint density at radius 1 is 1.26 bits per heavy atom. The van der Waals surface area contributed by atoms with E-state index in [9.17, 15) is 18.0 Å². The summed E-state index contributed by atoms with van der Waals surface area (Å²) < 4.78 is 46.7. The molecule has 9 heteroatoms. The Kier molecular flexibility index (Phi) is 4.21. The first-order valence-corrected chi connectivity index (χ1v) is 8.31. The molecular weight excluding hydrogens is 361 g/mol. The second kappa shape index (κ2) is 6.57. The molecule has 1 atom stereocenters. The van der Waals surface area contributed by atoms with Gasteiger partial charge in [0.2, 0.25) is 11.7 Å². The summed E-state index contributed by atoms with van der Waals surface area (Å²) in [5.74, 6) is -4.68. The summed E-state index contributed by atoms with van der Waals surface area (Å²) in [6.07, 6.45) is 1.19. The molecule has 1 N–H and O–H groups in total. The molecule has 1 aliphatic heterocycles. The Labute approximate surface area is 152 Å². The molecule has 0 aliphatic carbocycles. The van der Waals surface area contributed by atoms with Crippen LogP contribution in [0.15, 0.2) is 47.1 Å². The predicted molar refractivity (Wildman–Crippen MR) is 88.7 cm³/mol. The average molecular weight is 376 g/mol. The molecule has 0 saturated carbocycles. The lowest BCUT2D eigenvalue weighted by molar-refractivity contribution is -0.0665. The lowest BCUT2D eigenvalue weighted by Gasteiger charge is -2.36. The van der Waals surface area contributed by atoms with E-state index >= 15 is 0 Å². The van der Waals surface area contributed by atoms with Crippen LogP contribution < -0.4 is 0 Å². The van der Waals surface area contributed by atoms with Crippen LogP contribution in [-0.4, -0.2) is 44.9 Å². The highest BCUT2D eigenvalue weighted by Crippen LogP contribution is 2.36. The number of H-pyrrole nitrogens is 1. The number of amides is 1. The number of halogens is 3. The van der Waals surface area contributed by atoms with Gasteiger partial charge < -0.3 is 14.4 Å². The molecule has 4 rings (SSSR count). The molecule has 1 aliphatic rings. The fourth-order valence-electron chi connectivity index (χ4n) is 3.17. The normalized spacial score (nSPS) is 19.2. The third kappa shape index (κ3) is 3.57. The van der Waals surface area contributed by atoms with E-state index in [1.165, 1.54) is 12.1 Å². The monoisotopic (exact) mass is 376 g/mol. The number of benzene rings is 1. The minimum Gasteiger partial charge on any atom is -0.359 e. The number of nitrogens with zero attached hydrogens (tertiary/aromatic N) is 3. The smallest absolute Gasteiger partial charge is 0.266 e. The molecule has 1 aromatic carbocycles. The minimum atomic E-state index is -3.10. The molecule has 0 bridgehead atoms. The van der Waals surface area contributed by atoms with Gasteiger partial charge >= 0.3 is 0 Å². The molecule has 1 saturated heterocycles. The second-order valence-electron chi connectivity index (χ2n) is 6.49. The maximum Gasteiger partial charge on any atom is 0.266 e. The molecule has 1 amide bonds. The molecule has 6 nitrogen and oxygen atoms in total. The van der Waals surface area contributed by atoms with Gasteiger partial charge in [0.15, 0.2) is 0 Å². The first-order chi connectivity index (χ1) is 12.9. The summed E-state index contributed by atoms with van der Waals surface area (Å²) in [6, 6.07) is 8.27. The van der Waals surface area contributed by atoms with Gasteiger partial charge in [0.25, 0.3) is 11.8 Å². The molecule has 3 aromatic rings. The molecule has 1 fully saturated rings. The molecule has 1 unspecified atom stereocenters. The number of carbonyl (C=O) groups is 1. The summed E-state index contributed by atoms with van der Waals surface area (Å²) >= 11 is 0. The molecule has 0 radical (unpaired) electrons. The van der Waals surface area contributed by atoms with Gasteiger partial charge in [-0.25, -0.2) is 13.2 Å². The van der Waals surface area contributed by atoms with Crippen LogP contribution in [0.3, 0.4) is 0 Å². The van der Waals surface area contributed by atoms with Crippen molar-refractivity contribution >= 4 is 5.91 Å². The zero-order valence-corrected chi connectivity index (χ0v) is 14.0. The maximum absolute atomic E-state index is 14.3. The van der Waals surface area contributed by atoms with E-state index in [4.69, 9.17) is 4.52 Å². The van der Waals surface area contributed by atoms with Crippen LogP contribution in [0.25, 0.3) is 11.5 Å². The number of piperidine rings is 1. The number of likely N-dealkylation sites (tertiary alicyclic amines) is 1. The molecule has 140 valence electrons. The van der Waals surface area contributed by atoms with Crippen molar-refractivity contribution in [1.29, 1.82) is 0 Å². The van der Waals surface area contributed by atoms with Crippen molar-refractivity contribution in [1.82, 2.24) is 20.0 Å². The first-order valence-electron chi connectivity index (χ1n) is 8.31. The third-order valence-corrected chi connectivity index (χ3v) is 4.42. The topological polar surface area (TPSA) is 75.0 Å². The van der Waals surface area contributed by atoms with E-state index in [2.05, 4.69) is 15.1 Å². The summed E-state index contributed by atoms with van der Waals surface area (Å²) in [7, 11) is 0. The van der Waals surface area contributed by atoms with E-state index in [1.54, 1.807) is 18.3 Å². The summed E-state index contributed by atoms with van der Waals surface area (Å²) in [6.45, 7) is -0.699. The zero-order chi connectivity index (χ0) is 19.0. The molecule has 2 aromatic heterocycles. The number of hydrogen-bond donors (Lipinski definition) is 1. The van der Waals surface area contributed by atoms with Crippen molar-refractivity contribution in [3.05, 3.63) is 59.9 Å². The van der Waals surface area contributed by atoms with Crippen molar-refractivity contribution in [2.75, 3.05) is 13.1 Å². The van der Waals surface area contributed by atoms with Crippen LogP contribution in [0.4, 0.5) is 13.2 Å². The van der Waals surface area contributed by atoms with Crippen molar-refractivity contribution in [3.8, 4) is 11.5 Å². The van der Waals surface area contributed by atoms with Gasteiger partial charge in [-0.05, 0) is 36.4 Å². The van der Waals surface area contributed by atoms with Gasteiger partial charge in [-0.3, -0.25) is 4.79 Å². The number of rotatable bonds is 3. The molecule has 3 heterocycles. The number of nitrogens with one attached hydrogen (secondary N) is 1. The number of carbonyl (C=O) groups excluding carboxylic acids is 1. The van der Waals surface area contributed by atoms with Gasteiger partial charge in [-0.2, -0.15) is 4.98 Å². The quantitative estimate of drug-likeness (QED) is 0.760. The molecular formula is C18H15F3N4O2. The fourth-order valence-corrected chi connectivity index (χ4v) is 3.17. The van der Waals surface area contributed by atoms with Gasteiger partial charge in [-0.1, -0.05) is 5.16 Å². The van der Waals surface area contributed by atoms with E-state index in [0.29, 0.717) is 5.69 Å². The van der Waals surface area contributed by atoms with Crippen LogP contribution >= 0.6 is 0 Å². The second-order valence-corrected chi connectivity index (χ2v) is 6.49. The van der Waals surface area contributed by atoms with E-state index in [0.717, 1.165) is 17.0 Å². The zero-order valence-electron chi connectivity index (χ0n) is 14.0. The molecule has 0 spiro atoms. The van der Waals surface area contributed by atoms with Crippen LogP contribution in [-0.2, 0) is 0 Å². The largest absolute Gasteiger partial charge is 0.359 e. The number of aromatic nitrogens is 3. The van der Waals surface area contributed by atoms with Gasteiger partial charge in [0, 0.05) is 24.7 Å². The Morgan fingerprint density at radius 3 is 2.74 bits per heavy atom. The summed E-state index contributed by atoms with van der Waals surface area (Å²) in [5.41, 5.74) is 0.747. The Hall–Kier alpha value is -3.10. The Morgan fingerprint density at radius 2 is 2.04 bits per heavy atom. The van der Waals surface area contributed by atoms with Gasteiger partial charge in [0.05, 0.1) is 18.2 Å². The molecule has 27 heavy (non-hydrogen) atoms. The van der Waals surface area contributed by atoms with Gasteiger partial charge in [0.1, 0.15) is 5.82 Å². The highest BCUT2D eigenvalue weighted by molar-refractivity contribution is 5.94. The highest BCUT2D eigenvalue weighted by atomic mass is 19.3. The minimum absolute atomic E-state index is 0.0121. The standard InChI is InChI=1S/C18H15F3N4O2/c19-13-5-3-11(4-6-13)17(26)25-9-12(8-18(20,21)10-25)16-23-15(24-27-16)14-2-1-7-22-14/h1-7,12,22H,8-10H2. The first kappa shape index (κ1) is 17.3. The predicted octanol–water partition coefficient (Wildman–Crippen LogP) is 3.47.